The van der Waals surface area contributed by atoms with Crippen molar-refractivity contribution >= 4 is 92.1 Å². The highest BCUT2D eigenvalue weighted by Gasteiger charge is 2.29. The fraction of sp³-hybridized carbons (Fsp3) is 0.417. The molecule has 2 aliphatic rings. The summed E-state index contributed by atoms with van der Waals surface area (Å²) in [6, 6.07) is 5.99. The first-order chi connectivity index (χ1) is 32.5. The van der Waals surface area contributed by atoms with Crippen LogP contribution in [0.25, 0.3) is 44.4 Å². The molecular weight excluding hydrogens is 889 g/mol. The van der Waals surface area contributed by atoms with E-state index in [0.717, 1.165) is 0 Å². The van der Waals surface area contributed by atoms with E-state index >= 15 is 0 Å². The molecule has 5 heterocycles. The normalized spacial score (nSPS) is 12.2. The Morgan fingerprint density at radius 3 is 1.06 bits per heavy atom. The van der Waals surface area contributed by atoms with Crippen molar-refractivity contribution in [2.75, 3.05) is 26.4 Å². The lowest BCUT2D eigenvalue weighted by Crippen LogP contribution is -2.07. The largest absolute Gasteiger partial charge is 0.481 e. The van der Waals surface area contributed by atoms with E-state index in [1.54, 1.807) is 33.8 Å². The van der Waals surface area contributed by atoms with Crippen molar-refractivity contribution in [3.63, 3.8) is 0 Å². The molecule has 6 N–H and O–H groups in total. The second-order valence-corrected chi connectivity index (χ2v) is 15.6. The van der Waals surface area contributed by atoms with Crippen LogP contribution in [-0.4, -0.2) is 115 Å². The van der Waals surface area contributed by atoms with Gasteiger partial charge in [-0.1, -0.05) is 0 Å². The molecular formula is C48H54N4O16. The molecule has 20 nitrogen and oxygen atoms in total. The molecule has 0 unspecified atom stereocenters. The van der Waals surface area contributed by atoms with Gasteiger partial charge in [-0.3, -0.25) is 38.4 Å². The number of allylic oxidation sites excluding steroid dienone is 2. The van der Waals surface area contributed by atoms with E-state index in [1.165, 1.54) is 18.2 Å². The average molecular weight is 943 g/mol. The van der Waals surface area contributed by atoms with Gasteiger partial charge >= 0.3 is 47.8 Å². The molecule has 0 atom stereocenters. The summed E-state index contributed by atoms with van der Waals surface area (Å²) in [5.74, 6) is -7.35. The smallest absolute Gasteiger partial charge is 0.307 e. The molecule has 0 aromatic carbocycles. The quantitative estimate of drug-likeness (QED) is 0.0442. The van der Waals surface area contributed by atoms with Gasteiger partial charge in [0.1, 0.15) is 0 Å². The van der Waals surface area contributed by atoms with Gasteiger partial charge < -0.3 is 49.3 Å². The molecule has 0 aliphatic carbocycles. The predicted molar refractivity (Wildman–Crippen MR) is 243 cm³/mol. The van der Waals surface area contributed by atoms with E-state index in [4.69, 9.17) is 28.9 Å². The third-order valence-corrected chi connectivity index (χ3v) is 11.0. The van der Waals surface area contributed by atoms with Crippen LogP contribution < -0.4 is 0 Å². The summed E-state index contributed by atoms with van der Waals surface area (Å²) >= 11 is 0. The summed E-state index contributed by atoms with van der Waals surface area (Å²) in [6.45, 7) is 6.83. The lowest BCUT2D eigenvalue weighted by Gasteiger charge is -2.08. The third-order valence-electron chi connectivity index (χ3n) is 11.0. The molecule has 0 saturated heterocycles. The van der Waals surface area contributed by atoms with Crippen LogP contribution in [0.4, 0.5) is 0 Å². The van der Waals surface area contributed by atoms with E-state index < -0.39 is 73.4 Å². The minimum absolute atomic E-state index is 0.0538. The average Bonchev–Trinajstić information content (AvgIpc) is 3.94. The number of nitrogens with one attached hydrogen (secondary N) is 2. The van der Waals surface area contributed by atoms with Gasteiger partial charge in [-0.15, -0.1) is 0 Å². The van der Waals surface area contributed by atoms with E-state index in [0.29, 0.717) is 22.3 Å². The van der Waals surface area contributed by atoms with Crippen molar-refractivity contribution in [2.24, 2.45) is 0 Å². The number of rotatable bonds is 24. The number of hydrogen-bond acceptors (Lipinski definition) is 14. The van der Waals surface area contributed by atoms with Crippen molar-refractivity contribution < 1.29 is 77.7 Å². The Labute approximate surface area is 389 Å². The molecule has 0 spiro atoms. The zero-order valence-corrected chi connectivity index (χ0v) is 38.2. The van der Waals surface area contributed by atoms with Crippen LogP contribution >= 0.6 is 0 Å². The van der Waals surface area contributed by atoms with Gasteiger partial charge in [0.2, 0.25) is 0 Å². The van der Waals surface area contributed by atoms with Crippen molar-refractivity contribution in [1.82, 2.24) is 19.9 Å². The number of nitrogens with zero attached hydrogens (tertiary/aromatic N) is 2. The van der Waals surface area contributed by atoms with Crippen molar-refractivity contribution in [3.05, 3.63) is 69.3 Å². The molecule has 0 amide bonds. The summed E-state index contributed by atoms with van der Waals surface area (Å²) in [7, 11) is 0. The maximum Gasteiger partial charge on any atom is 0.307 e. The van der Waals surface area contributed by atoms with Gasteiger partial charge in [0.25, 0.3) is 0 Å². The van der Waals surface area contributed by atoms with Crippen LogP contribution in [0.2, 0.25) is 0 Å². The molecule has 5 rings (SSSR count). The summed E-state index contributed by atoms with van der Waals surface area (Å²) in [5.41, 5.74) is 3.29. The highest BCUT2D eigenvalue weighted by molar-refractivity contribution is 6.03. The summed E-state index contributed by atoms with van der Waals surface area (Å²) in [4.78, 5) is 118. The van der Waals surface area contributed by atoms with Gasteiger partial charge in [-0.05, 0) is 122 Å². The van der Waals surface area contributed by atoms with E-state index in [9.17, 15) is 58.8 Å². The monoisotopic (exact) mass is 942 g/mol. The Hall–Kier alpha value is -7.64. The van der Waals surface area contributed by atoms with Crippen molar-refractivity contribution in [1.29, 1.82) is 0 Å². The number of carbonyl (C=O) groups is 8. The molecule has 0 radical (unpaired) electrons. The molecule has 68 heavy (non-hydrogen) atoms. The summed E-state index contributed by atoms with van der Waals surface area (Å²) in [5, 5.41) is 41.1. The van der Waals surface area contributed by atoms with Gasteiger partial charge in [0, 0.05) is 47.8 Å². The molecule has 2 aliphatic heterocycles. The number of aliphatic carboxylic acids is 4. The standard InChI is InChI=1S/C48H54N4O16/c1-5-65-45(61)13-9-25-29(17-41(53)54)37-22-34-27(11-15-47(63)67-7-3)31(19-43(57)58)39(51-34)24-36-28(12-16-48(64)68-8-4)32(20-44(59)60)40(52-36)23-35-26(10-14-46(62)66-6-2)30(18-42(55)56)38(50-35)21-33(25)49-37/h21-24,49-50H,5-20H2,1-4H3,(H,53,54)(H,55,56)(H,57,58)(H,59,60). The van der Waals surface area contributed by atoms with Crippen LogP contribution in [-0.2, 0) is 83.0 Å². The number of esters is 4. The molecule has 362 valence electrons. The Bertz CT molecular complexity index is 2740. The number of carboxylic acid groups (broad SMARTS) is 4. The highest BCUT2D eigenvalue weighted by Crippen LogP contribution is 2.41. The maximum absolute atomic E-state index is 12.8. The molecule has 8 bridgehead atoms. The first-order valence-corrected chi connectivity index (χ1v) is 22.2. The number of aryl methyl sites for hydroxylation is 2. The Morgan fingerprint density at radius 1 is 0.397 bits per heavy atom. The van der Waals surface area contributed by atoms with Gasteiger partial charge in [-0.2, -0.15) is 0 Å². The van der Waals surface area contributed by atoms with Crippen LogP contribution in [0, 0.1) is 0 Å². The summed E-state index contributed by atoms with van der Waals surface area (Å²) < 4.78 is 20.8. The predicted octanol–water partition coefficient (Wildman–Crippen LogP) is 6.02. The summed E-state index contributed by atoms with van der Waals surface area (Å²) in [6.07, 6.45) is -3.44. The Balaban J connectivity index is 2.06. The minimum Gasteiger partial charge on any atom is -0.481 e. The first-order valence-electron chi connectivity index (χ1n) is 22.2. The molecule has 0 fully saturated rings. The van der Waals surface area contributed by atoms with Gasteiger partial charge in [-0.25, -0.2) is 9.97 Å². The Kier molecular flexibility index (Phi) is 17.9. The zero-order chi connectivity index (χ0) is 49.7. The number of aromatic amines is 2. The minimum atomic E-state index is -1.26. The fourth-order valence-electron chi connectivity index (χ4n) is 8.28. The number of H-pyrrole nitrogens is 2. The van der Waals surface area contributed by atoms with E-state index in [1.807, 2.05) is 0 Å². The van der Waals surface area contributed by atoms with Crippen LogP contribution in [0.3, 0.4) is 0 Å². The van der Waals surface area contributed by atoms with Crippen molar-refractivity contribution in [3.8, 4) is 0 Å². The van der Waals surface area contributed by atoms with E-state index in [-0.39, 0.29) is 145 Å². The van der Waals surface area contributed by atoms with Crippen LogP contribution in [0.15, 0.2) is 24.3 Å². The molecule has 3 aromatic heterocycles. The molecule has 3 aromatic rings. The van der Waals surface area contributed by atoms with Crippen LogP contribution in [0.5, 0.6) is 0 Å². The number of hydrogen-bond donors (Lipinski definition) is 6. The number of fused-ring (bicyclic) bond motifs is 8. The van der Waals surface area contributed by atoms with Crippen LogP contribution in [0.1, 0.15) is 124 Å². The maximum atomic E-state index is 12.8. The second kappa shape index (κ2) is 23.7. The Morgan fingerprint density at radius 2 is 0.691 bits per heavy atom. The number of carbonyl (C=O) groups excluding carboxylic acids is 4. The van der Waals surface area contributed by atoms with Crippen molar-refractivity contribution in [2.45, 2.75) is 105 Å². The molecule has 0 saturated carbocycles. The fourth-order valence-corrected chi connectivity index (χ4v) is 8.28. The number of ether oxygens (including phenoxy) is 4. The third kappa shape index (κ3) is 13.3. The zero-order valence-electron chi connectivity index (χ0n) is 38.2. The van der Waals surface area contributed by atoms with E-state index in [2.05, 4.69) is 9.97 Å². The highest BCUT2D eigenvalue weighted by atomic mass is 16.5. The number of carboxylic acids is 4. The first kappa shape index (κ1) is 51.3. The topological polar surface area (TPSA) is 312 Å². The number of aromatic nitrogens is 4. The lowest BCUT2D eigenvalue weighted by molar-refractivity contribution is -0.144. The lowest BCUT2D eigenvalue weighted by atomic mass is 9.95. The SMILES string of the molecule is CCOC(=O)CCC1=C(CC(=O)O)c2cc3nc(cc4[nH]c(cc5[nH]c(cc1n2)c(CC(=O)O)c5CCC(=O)OCC)c(CC(=O)O)c4CCC(=O)OCC)C(CC(=O)O)=C3CCC(=O)OCC. The van der Waals surface area contributed by atoms with Gasteiger partial charge in [0.05, 0.1) is 74.9 Å². The van der Waals surface area contributed by atoms with Gasteiger partial charge in [0.15, 0.2) is 0 Å². The molecule has 20 heteroatoms. The second-order valence-electron chi connectivity index (χ2n) is 15.6.